The number of aromatic nitrogens is 2. The van der Waals surface area contributed by atoms with Crippen molar-refractivity contribution in [2.75, 3.05) is 44.2 Å². The molecule has 2 atom stereocenters. The minimum atomic E-state index is -0.305. The minimum Gasteiger partial charge on any atom is -0.353 e. The first kappa shape index (κ1) is 26.3. The van der Waals surface area contributed by atoms with E-state index < -0.39 is 0 Å². The first-order valence-electron chi connectivity index (χ1n) is 10.9. The van der Waals surface area contributed by atoms with Crippen molar-refractivity contribution >= 4 is 36.5 Å². The quantitative estimate of drug-likeness (QED) is 0.680. The van der Waals surface area contributed by atoms with Crippen LogP contribution in [0.5, 0.6) is 0 Å². The topological polar surface area (TPSA) is 61.4 Å². The second-order valence-corrected chi connectivity index (χ2v) is 8.22. The van der Waals surface area contributed by atoms with Crippen molar-refractivity contribution in [3.05, 3.63) is 53.2 Å². The monoisotopic (exact) mass is 483 g/mol. The Balaban J connectivity index is 0.00000181. The Hall–Kier alpha value is -1.96. The van der Waals surface area contributed by atoms with E-state index in [0.29, 0.717) is 25.6 Å². The summed E-state index contributed by atoms with van der Waals surface area (Å²) in [4.78, 5) is 26.6. The van der Waals surface area contributed by atoms with E-state index in [2.05, 4.69) is 27.1 Å². The lowest BCUT2D eigenvalue weighted by molar-refractivity contribution is -0.133. The van der Waals surface area contributed by atoms with Crippen LogP contribution in [0.4, 0.5) is 10.2 Å². The molecule has 0 spiro atoms. The number of hydrogen-bond acceptors (Lipinski definition) is 5. The van der Waals surface area contributed by atoms with E-state index in [1.165, 1.54) is 23.4 Å². The highest BCUT2D eigenvalue weighted by molar-refractivity contribution is 5.86. The maximum absolute atomic E-state index is 13.4. The molecule has 9 heteroatoms. The molecule has 176 valence electrons. The zero-order chi connectivity index (χ0) is 21.1. The van der Waals surface area contributed by atoms with Crippen LogP contribution in [0, 0.1) is 5.82 Å². The fourth-order valence-electron chi connectivity index (χ4n) is 4.57. The minimum absolute atomic E-state index is 0. The molecule has 2 heterocycles. The smallest absolute Gasteiger partial charge is 0.231 e. The number of nitrogens with one attached hydrogen (secondary N) is 1. The molecule has 1 amide bonds. The Morgan fingerprint density at radius 2 is 1.84 bits per heavy atom. The molecule has 1 fully saturated rings. The Bertz CT molecular complexity index is 890. The van der Waals surface area contributed by atoms with Gasteiger partial charge in [0.25, 0.3) is 0 Å². The van der Waals surface area contributed by atoms with Gasteiger partial charge in [-0.05, 0) is 43.0 Å². The Morgan fingerprint density at radius 1 is 1.16 bits per heavy atom. The highest BCUT2D eigenvalue weighted by Gasteiger charge is 2.31. The lowest BCUT2D eigenvalue weighted by atomic mass is 9.96. The van der Waals surface area contributed by atoms with Crippen molar-refractivity contribution in [1.29, 1.82) is 0 Å². The van der Waals surface area contributed by atoms with Crippen molar-refractivity contribution in [3.8, 4) is 0 Å². The van der Waals surface area contributed by atoms with Crippen LogP contribution in [0.15, 0.2) is 30.6 Å². The van der Waals surface area contributed by atoms with Gasteiger partial charge in [-0.1, -0.05) is 26.0 Å². The van der Waals surface area contributed by atoms with Crippen LogP contribution < -0.4 is 10.2 Å². The number of nitrogens with zero attached hydrogens (tertiary/aromatic N) is 4. The standard InChI is InChI=1S/C23H30FN5O.2ClH/c1-3-25-14-19(17-5-7-18(24)8-6-17)23(30)29-12-10-28(11-13-29)22-21-16(2)4-9-20(21)26-15-27-22;;/h5-8,15-16,19,25H,3-4,9-14H2,1-2H3;2*1H. The number of carbonyl (C=O) groups is 1. The Kier molecular flexibility index (Phi) is 9.67. The molecular formula is C23H32Cl2FN5O. The number of fused-ring (bicyclic) bond motifs is 1. The van der Waals surface area contributed by atoms with Crippen LogP contribution in [0.1, 0.15) is 48.9 Å². The zero-order valence-electron chi connectivity index (χ0n) is 18.6. The van der Waals surface area contributed by atoms with E-state index in [1.807, 2.05) is 11.8 Å². The summed E-state index contributed by atoms with van der Waals surface area (Å²) in [5.74, 6) is 1.04. The first-order chi connectivity index (χ1) is 14.6. The van der Waals surface area contributed by atoms with Gasteiger partial charge in [-0.2, -0.15) is 0 Å². The molecule has 0 radical (unpaired) electrons. The number of carbonyl (C=O) groups excluding carboxylic acids is 1. The van der Waals surface area contributed by atoms with E-state index in [0.717, 1.165) is 43.9 Å². The molecule has 2 aromatic rings. The molecule has 1 aliphatic carbocycles. The third-order valence-electron chi connectivity index (χ3n) is 6.31. The van der Waals surface area contributed by atoms with Crippen LogP contribution in [0.3, 0.4) is 0 Å². The normalized spacial score (nSPS) is 18.4. The summed E-state index contributed by atoms with van der Waals surface area (Å²) in [5.41, 5.74) is 3.31. The molecule has 6 nitrogen and oxygen atoms in total. The van der Waals surface area contributed by atoms with Crippen molar-refractivity contribution in [3.63, 3.8) is 0 Å². The van der Waals surface area contributed by atoms with Gasteiger partial charge in [0.05, 0.1) is 5.92 Å². The Morgan fingerprint density at radius 3 is 2.50 bits per heavy atom. The largest absolute Gasteiger partial charge is 0.353 e. The fourth-order valence-corrected chi connectivity index (χ4v) is 4.57. The number of rotatable bonds is 6. The second-order valence-electron chi connectivity index (χ2n) is 8.22. The summed E-state index contributed by atoms with van der Waals surface area (Å²) >= 11 is 0. The lowest BCUT2D eigenvalue weighted by Crippen LogP contribution is -2.51. The maximum Gasteiger partial charge on any atom is 0.231 e. The van der Waals surface area contributed by atoms with Crippen molar-refractivity contribution in [2.45, 2.75) is 38.5 Å². The molecule has 32 heavy (non-hydrogen) atoms. The number of hydrogen-bond donors (Lipinski definition) is 1. The summed E-state index contributed by atoms with van der Waals surface area (Å²) in [7, 11) is 0. The van der Waals surface area contributed by atoms with E-state index >= 15 is 0 Å². The van der Waals surface area contributed by atoms with Crippen molar-refractivity contribution in [1.82, 2.24) is 20.2 Å². The highest BCUT2D eigenvalue weighted by atomic mass is 35.5. The van der Waals surface area contributed by atoms with Crippen LogP contribution >= 0.6 is 24.8 Å². The van der Waals surface area contributed by atoms with Gasteiger partial charge in [0.15, 0.2) is 0 Å². The molecule has 2 unspecified atom stereocenters. The highest BCUT2D eigenvalue weighted by Crippen LogP contribution is 2.37. The molecule has 1 aromatic heterocycles. The summed E-state index contributed by atoms with van der Waals surface area (Å²) in [5, 5.41) is 3.28. The van der Waals surface area contributed by atoms with Gasteiger partial charge in [-0.25, -0.2) is 14.4 Å². The predicted molar refractivity (Wildman–Crippen MR) is 130 cm³/mol. The van der Waals surface area contributed by atoms with Crippen LogP contribution in [0.2, 0.25) is 0 Å². The van der Waals surface area contributed by atoms with Gasteiger partial charge in [0, 0.05) is 44.0 Å². The molecule has 1 aliphatic heterocycles. The SMILES string of the molecule is CCNCC(C(=O)N1CCN(c2ncnc3c2C(C)CC3)CC1)c1ccc(F)cc1.Cl.Cl. The number of halogens is 3. The summed E-state index contributed by atoms with van der Waals surface area (Å²) in [6.45, 7) is 8.45. The first-order valence-corrected chi connectivity index (χ1v) is 10.9. The maximum atomic E-state index is 13.4. The van der Waals surface area contributed by atoms with Gasteiger partial charge in [-0.15, -0.1) is 24.8 Å². The molecular weight excluding hydrogens is 452 g/mol. The molecule has 0 bridgehead atoms. The zero-order valence-corrected chi connectivity index (χ0v) is 20.2. The van der Waals surface area contributed by atoms with E-state index in [-0.39, 0.29) is 42.5 Å². The molecule has 1 saturated heterocycles. The molecule has 0 saturated carbocycles. The number of amides is 1. The molecule has 2 aliphatic rings. The Labute approximate surface area is 201 Å². The summed E-state index contributed by atoms with van der Waals surface area (Å²) in [6.07, 6.45) is 3.82. The second kappa shape index (κ2) is 11.8. The number of piperazine rings is 1. The van der Waals surface area contributed by atoms with Crippen LogP contribution in [-0.2, 0) is 11.2 Å². The third kappa shape index (κ3) is 5.50. The molecule has 4 rings (SSSR count). The predicted octanol–water partition coefficient (Wildman–Crippen LogP) is 3.55. The summed E-state index contributed by atoms with van der Waals surface area (Å²) < 4.78 is 13.4. The van der Waals surface area contributed by atoms with Crippen molar-refractivity contribution in [2.24, 2.45) is 0 Å². The van der Waals surface area contributed by atoms with Gasteiger partial charge in [0.1, 0.15) is 18.0 Å². The van der Waals surface area contributed by atoms with Gasteiger partial charge in [0.2, 0.25) is 5.91 Å². The molecule has 1 aromatic carbocycles. The van der Waals surface area contributed by atoms with E-state index in [9.17, 15) is 9.18 Å². The summed E-state index contributed by atoms with van der Waals surface area (Å²) in [6, 6.07) is 6.29. The number of benzene rings is 1. The van der Waals surface area contributed by atoms with Crippen molar-refractivity contribution < 1.29 is 9.18 Å². The number of likely N-dealkylation sites (N-methyl/N-ethyl adjacent to an activating group) is 1. The van der Waals surface area contributed by atoms with Gasteiger partial charge in [-0.3, -0.25) is 4.79 Å². The number of aryl methyl sites for hydroxylation is 1. The van der Waals surface area contributed by atoms with Gasteiger partial charge < -0.3 is 15.1 Å². The average molecular weight is 484 g/mol. The lowest BCUT2D eigenvalue weighted by Gasteiger charge is -2.38. The van der Waals surface area contributed by atoms with E-state index in [1.54, 1.807) is 18.5 Å². The van der Waals surface area contributed by atoms with Crippen LogP contribution in [0.25, 0.3) is 0 Å². The van der Waals surface area contributed by atoms with E-state index in [4.69, 9.17) is 0 Å². The third-order valence-corrected chi connectivity index (χ3v) is 6.31. The average Bonchev–Trinajstić information content (AvgIpc) is 3.16. The fraction of sp³-hybridized carbons (Fsp3) is 0.522. The van der Waals surface area contributed by atoms with Crippen LogP contribution in [-0.4, -0.2) is 60.0 Å². The number of anilines is 1. The molecule has 1 N–H and O–H groups in total. The van der Waals surface area contributed by atoms with Gasteiger partial charge >= 0.3 is 0 Å².